The highest BCUT2D eigenvalue weighted by atomic mass is 16.3. The van der Waals surface area contributed by atoms with Gasteiger partial charge in [0.1, 0.15) is 5.75 Å². The van der Waals surface area contributed by atoms with Gasteiger partial charge in [-0.3, -0.25) is 9.69 Å². The van der Waals surface area contributed by atoms with Gasteiger partial charge in [0, 0.05) is 11.1 Å². The molecule has 0 saturated carbocycles. The number of aryl methyl sites for hydroxylation is 2. The summed E-state index contributed by atoms with van der Waals surface area (Å²) in [7, 11) is 0. The van der Waals surface area contributed by atoms with E-state index in [1.807, 2.05) is 84.9 Å². The van der Waals surface area contributed by atoms with Gasteiger partial charge >= 0.3 is 0 Å². The maximum atomic E-state index is 14.4. The molecule has 2 aliphatic rings. The molecule has 4 heteroatoms. The van der Waals surface area contributed by atoms with Crippen LogP contribution >= 0.6 is 0 Å². The van der Waals surface area contributed by atoms with E-state index in [-0.39, 0.29) is 11.3 Å². The normalized spacial score (nSPS) is 19.0. The van der Waals surface area contributed by atoms with Crippen molar-refractivity contribution in [3.05, 3.63) is 130 Å². The highest BCUT2D eigenvalue weighted by Gasteiger charge is 2.54. The van der Waals surface area contributed by atoms with Gasteiger partial charge in [0.15, 0.2) is 5.60 Å². The van der Waals surface area contributed by atoms with Gasteiger partial charge in [0.05, 0.1) is 11.7 Å². The van der Waals surface area contributed by atoms with Gasteiger partial charge in [-0.2, -0.15) is 0 Å². The fraction of sp³-hybridized carbons (Fsp3) is 0.194. The van der Waals surface area contributed by atoms with Crippen molar-refractivity contribution < 1.29 is 15.0 Å². The molecule has 0 aromatic heterocycles. The molecule has 0 saturated heterocycles. The van der Waals surface area contributed by atoms with E-state index in [1.165, 1.54) is 0 Å². The van der Waals surface area contributed by atoms with E-state index in [2.05, 4.69) is 0 Å². The van der Waals surface area contributed by atoms with Crippen LogP contribution in [0.1, 0.15) is 52.3 Å². The number of carbonyl (C=O) groups is 1. The molecule has 1 aliphatic heterocycles. The number of benzene rings is 4. The Morgan fingerprint density at radius 3 is 1.89 bits per heavy atom. The van der Waals surface area contributed by atoms with Crippen molar-refractivity contribution in [2.75, 3.05) is 4.90 Å². The number of nitrogens with zero attached hydrogens (tertiary/aromatic N) is 1. The number of anilines is 1. The number of fused-ring (bicyclic) bond motifs is 2. The molecule has 174 valence electrons. The molecule has 0 radical (unpaired) electrons. The SMILES string of the molecule is O=C1N(C(c2ccccc2)c2ccccc2)c2ccccc2C1(O)c1cc2c(cc1O)CCCC2. The first-order valence-electron chi connectivity index (χ1n) is 12.2. The molecule has 1 heterocycles. The molecule has 6 rings (SSSR count). The van der Waals surface area contributed by atoms with Crippen molar-refractivity contribution in [2.24, 2.45) is 0 Å². The van der Waals surface area contributed by atoms with Gasteiger partial charge in [-0.25, -0.2) is 0 Å². The summed E-state index contributed by atoms with van der Waals surface area (Å²) in [5.74, 6) is -0.489. The average Bonchev–Trinajstić information content (AvgIpc) is 3.13. The number of hydrogen-bond acceptors (Lipinski definition) is 3. The van der Waals surface area contributed by atoms with Crippen LogP contribution < -0.4 is 4.90 Å². The van der Waals surface area contributed by atoms with Crippen LogP contribution in [0.3, 0.4) is 0 Å². The number of phenolic OH excluding ortho intramolecular Hbond substituents is 1. The molecule has 1 aliphatic carbocycles. The van der Waals surface area contributed by atoms with Crippen LogP contribution in [0.2, 0.25) is 0 Å². The minimum Gasteiger partial charge on any atom is -0.508 e. The quantitative estimate of drug-likeness (QED) is 0.413. The van der Waals surface area contributed by atoms with Crippen LogP contribution in [-0.4, -0.2) is 16.1 Å². The Morgan fingerprint density at radius 1 is 0.714 bits per heavy atom. The second-order valence-electron chi connectivity index (χ2n) is 9.47. The highest BCUT2D eigenvalue weighted by molar-refractivity contribution is 6.10. The predicted octanol–water partition coefficient (Wildman–Crippen LogP) is 5.64. The lowest BCUT2D eigenvalue weighted by Gasteiger charge is -2.32. The van der Waals surface area contributed by atoms with Crippen LogP contribution in [0.15, 0.2) is 97.1 Å². The fourth-order valence-electron chi connectivity index (χ4n) is 5.73. The molecular weight excluding hydrogens is 434 g/mol. The summed E-state index contributed by atoms with van der Waals surface area (Å²) in [6.07, 6.45) is 3.94. The summed E-state index contributed by atoms with van der Waals surface area (Å²) in [5.41, 5.74) is 3.52. The lowest BCUT2D eigenvalue weighted by atomic mass is 9.82. The molecule has 0 spiro atoms. The van der Waals surface area contributed by atoms with Crippen LogP contribution in [0.5, 0.6) is 5.75 Å². The molecule has 35 heavy (non-hydrogen) atoms. The summed E-state index contributed by atoms with van der Waals surface area (Å²) in [6.45, 7) is 0. The van der Waals surface area contributed by atoms with Gasteiger partial charge in [-0.15, -0.1) is 0 Å². The van der Waals surface area contributed by atoms with E-state index in [1.54, 1.807) is 17.0 Å². The van der Waals surface area contributed by atoms with E-state index in [0.29, 0.717) is 11.3 Å². The zero-order valence-corrected chi connectivity index (χ0v) is 19.4. The van der Waals surface area contributed by atoms with Gasteiger partial charge in [0.25, 0.3) is 5.91 Å². The van der Waals surface area contributed by atoms with Crippen molar-refractivity contribution in [3.63, 3.8) is 0 Å². The number of para-hydroxylation sites is 1. The van der Waals surface area contributed by atoms with Crippen molar-refractivity contribution in [2.45, 2.75) is 37.3 Å². The number of carbonyl (C=O) groups excluding carboxylic acids is 1. The van der Waals surface area contributed by atoms with Gasteiger partial charge in [-0.1, -0.05) is 78.9 Å². The predicted molar refractivity (Wildman–Crippen MR) is 136 cm³/mol. The molecule has 4 nitrogen and oxygen atoms in total. The van der Waals surface area contributed by atoms with Crippen molar-refractivity contribution in [3.8, 4) is 5.75 Å². The highest BCUT2D eigenvalue weighted by Crippen LogP contribution is 2.51. The third kappa shape index (κ3) is 3.36. The van der Waals surface area contributed by atoms with E-state index in [0.717, 1.165) is 47.9 Å². The van der Waals surface area contributed by atoms with E-state index >= 15 is 0 Å². The second kappa shape index (κ2) is 8.40. The minimum absolute atomic E-state index is 0.0332. The smallest absolute Gasteiger partial charge is 0.269 e. The van der Waals surface area contributed by atoms with Crippen molar-refractivity contribution in [1.29, 1.82) is 0 Å². The van der Waals surface area contributed by atoms with E-state index in [9.17, 15) is 15.0 Å². The van der Waals surface area contributed by atoms with Crippen molar-refractivity contribution >= 4 is 11.6 Å². The van der Waals surface area contributed by atoms with Gasteiger partial charge < -0.3 is 10.2 Å². The molecule has 1 atom stereocenters. The Kier molecular flexibility index (Phi) is 5.19. The standard InChI is InChI=1S/C31H27NO3/c33-28-20-24-16-8-7-15-23(24)19-26(28)31(35)25-17-9-10-18-27(25)32(30(31)34)29(21-11-3-1-4-12-21)22-13-5-2-6-14-22/h1-6,9-14,17-20,29,33,35H,7-8,15-16H2. The minimum atomic E-state index is -1.98. The third-order valence-electron chi connectivity index (χ3n) is 7.42. The number of rotatable bonds is 4. The van der Waals surface area contributed by atoms with Crippen LogP contribution in [0.4, 0.5) is 5.69 Å². The molecule has 0 bridgehead atoms. The Hall–Kier alpha value is -3.89. The van der Waals surface area contributed by atoms with Gasteiger partial charge in [-0.05, 0) is 66.1 Å². The summed E-state index contributed by atoms with van der Waals surface area (Å²) < 4.78 is 0. The molecule has 1 unspecified atom stereocenters. The Bertz CT molecular complexity index is 1360. The number of hydrogen-bond donors (Lipinski definition) is 2. The van der Waals surface area contributed by atoms with Crippen LogP contribution in [0, 0.1) is 0 Å². The van der Waals surface area contributed by atoms with Crippen molar-refractivity contribution in [1.82, 2.24) is 0 Å². The van der Waals surface area contributed by atoms with E-state index < -0.39 is 17.6 Å². The molecule has 2 N–H and O–H groups in total. The zero-order valence-electron chi connectivity index (χ0n) is 19.4. The first kappa shape index (κ1) is 21.6. The fourth-order valence-corrected chi connectivity index (χ4v) is 5.73. The number of aliphatic hydroxyl groups is 1. The zero-order chi connectivity index (χ0) is 24.0. The van der Waals surface area contributed by atoms with Crippen LogP contribution in [0.25, 0.3) is 0 Å². The average molecular weight is 462 g/mol. The maximum Gasteiger partial charge on any atom is 0.269 e. The van der Waals surface area contributed by atoms with E-state index in [4.69, 9.17) is 0 Å². The first-order chi connectivity index (χ1) is 17.1. The Balaban J connectivity index is 1.56. The second-order valence-corrected chi connectivity index (χ2v) is 9.47. The molecule has 4 aromatic rings. The summed E-state index contributed by atoms with van der Waals surface area (Å²) in [4.78, 5) is 16.1. The number of phenols is 1. The molecule has 1 amide bonds. The molecular formula is C31H27NO3. The van der Waals surface area contributed by atoms with Crippen LogP contribution in [-0.2, 0) is 23.2 Å². The summed E-state index contributed by atoms with van der Waals surface area (Å²) in [5, 5.41) is 23.3. The Morgan fingerprint density at radius 2 is 1.26 bits per heavy atom. The van der Waals surface area contributed by atoms with Gasteiger partial charge in [0.2, 0.25) is 0 Å². The molecule has 0 fully saturated rings. The maximum absolute atomic E-state index is 14.4. The number of amides is 1. The molecule has 4 aromatic carbocycles. The topological polar surface area (TPSA) is 60.8 Å². The lowest BCUT2D eigenvalue weighted by molar-refractivity contribution is -0.132. The third-order valence-corrected chi connectivity index (χ3v) is 7.42. The lowest BCUT2D eigenvalue weighted by Crippen LogP contribution is -2.43. The number of aromatic hydroxyl groups is 1. The summed E-state index contributed by atoms with van der Waals surface area (Å²) in [6, 6.07) is 30.3. The summed E-state index contributed by atoms with van der Waals surface area (Å²) >= 11 is 0. The largest absolute Gasteiger partial charge is 0.508 e. The first-order valence-corrected chi connectivity index (χ1v) is 12.2. The Labute approximate surface area is 205 Å². The monoisotopic (exact) mass is 461 g/mol.